The second-order valence-corrected chi connectivity index (χ2v) is 3.04. The van der Waals surface area contributed by atoms with E-state index in [1.165, 1.54) is 6.42 Å². The molecule has 0 radical (unpaired) electrons. The second kappa shape index (κ2) is 3.61. The third kappa shape index (κ3) is 1.86. The molecule has 0 bridgehead atoms. The van der Waals surface area contributed by atoms with Crippen LogP contribution in [0.15, 0.2) is 25.0 Å². The predicted octanol–water partition coefficient (Wildman–Crippen LogP) is 2.89. The molecule has 0 aromatic rings. The van der Waals surface area contributed by atoms with Crippen LogP contribution in [0, 0.1) is 5.92 Å². The van der Waals surface area contributed by atoms with Crippen LogP contribution >= 0.6 is 0 Å². The maximum absolute atomic E-state index is 5.53. The van der Waals surface area contributed by atoms with Crippen LogP contribution < -0.4 is 0 Å². The van der Waals surface area contributed by atoms with Gasteiger partial charge in [0.1, 0.15) is 6.10 Å². The minimum Gasteiger partial charge on any atom is -0.491 e. The average molecular weight is 152 g/mol. The van der Waals surface area contributed by atoms with Gasteiger partial charge in [-0.25, -0.2) is 0 Å². The molecule has 1 heterocycles. The number of rotatable bonds is 2. The van der Waals surface area contributed by atoms with Gasteiger partial charge in [-0.15, -0.1) is 0 Å². The predicted molar refractivity (Wildman–Crippen MR) is 47.2 cm³/mol. The molecule has 1 heteroatoms. The Hall–Kier alpha value is -0.720. The van der Waals surface area contributed by atoms with E-state index in [1.807, 2.05) is 6.08 Å². The monoisotopic (exact) mass is 152 g/mol. The first-order valence-corrected chi connectivity index (χ1v) is 4.26. The molecule has 0 aromatic carbocycles. The molecule has 0 aromatic heterocycles. The molecule has 1 fully saturated rings. The standard InChI is InChI=1S/C10H16O/c1-4-9-6-7-10(5-2)11-8(9)3/h5,9-10H,2-4,6-7H2,1H3. The van der Waals surface area contributed by atoms with Crippen LogP contribution in [-0.4, -0.2) is 6.10 Å². The Morgan fingerprint density at radius 3 is 2.82 bits per heavy atom. The molecule has 0 saturated carbocycles. The van der Waals surface area contributed by atoms with E-state index in [0.717, 1.165) is 18.6 Å². The number of hydrogen-bond acceptors (Lipinski definition) is 1. The number of hydrogen-bond donors (Lipinski definition) is 0. The molecule has 0 amide bonds. The van der Waals surface area contributed by atoms with Crippen LogP contribution in [0.4, 0.5) is 0 Å². The Bertz CT molecular complexity index is 160. The zero-order valence-corrected chi connectivity index (χ0v) is 7.18. The number of allylic oxidation sites excluding steroid dienone is 1. The molecular weight excluding hydrogens is 136 g/mol. The molecule has 1 saturated heterocycles. The third-order valence-electron chi connectivity index (χ3n) is 2.31. The Kier molecular flexibility index (Phi) is 2.75. The van der Waals surface area contributed by atoms with E-state index >= 15 is 0 Å². The first-order valence-electron chi connectivity index (χ1n) is 4.26. The Labute approximate surface area is 68.8 Å². The average Bonchev–Trinajstić information content (AvgIpc) is 2.04. The summed E-state index contributed by atoms with van der Waals surface area (Å²) in [6.45, 7) is 9.77. The Balaban J connectivity index is 2.47. The third-order valence-corrected chi connectivity index (χ3v) is 2.31. The van der Waals surface area contributed by atoms with Crippen LogP contribution in [0.1, 0.15) is 26.2 Å². The summed E-state index contributed by atoms with van der Waals surface area (Å²) in [4.78, 5) is 0. The lowest BCUT2D eigenvalue weighted by molar-refractivity contribution is 0.0775. The smallest absolute Gasteiger partial charge is 0.116 e. The van der Waals surface area contributed by atoms with Gasteiger partial charge in [-0.2, -0.15) is 0 Å². The van der Waals surface area contributed by atoms with E-state index in [-0.39, 0.29) is 6.10 Å². The molecule has 1 rings (SSSR count). The van der Waals surface area contributed by atoms with Crippen molar-refractivity contribution in [3.8, 4) is 0 Å². The molecule has 1 aliphatic heterocycles. The second-order valence-electron chi connectivity index (χ2n) is 3.04. The molecule has 2 atom stereocenters. The van der Waals surface area contributed by atoms with Gasteiger partial charge >= 0.3 is 0 Å². The summed E-state index contributed by atoms with van der Waals surface area (Å²) in [5.74, 6) is 1.52. The van der Waals surface area contributed by atoms with Gasteiger partial charge in [0.05, 0.1) is 5.76 Å². The van der Waals surface area contributed by atoms with Gasteiger partial charge < -0.3 is 4.74 Å². The van der Waals surface area contributed by atoms with Crippen LogP contribution in [0.5, 0.6) is 0 Å². The maximum Gasteiger partial charge on any atom is 0.116 e. The topological polar surface area (TPSA) is 9.23 Å². The molecule has 0 N–H and O–H groups in total. The minimum absolute atomic E-state index is 0.213. The molecule has 0 aliphatic carbocycles. The summed E-state index contributed by atoms with van der Waals surface area (Å²) in [6, 6.07) is 0. The quantitative estimate of drug-likeness (QED) is 0.553. The molecule has 11 heavy (non-hydrogen) atoms. The van der Waals surface area contributed by atoms with Crippen molar-refractivity contribution in [2.45, 2.75) is 32.3 Å². The Morgan fingerprint density at radius 2 is 2.36 bits per heavy atom. The van der Waals surface area contributed by atoms with Crippen LogP contribution in [0.2, 0.25) is 0 Å². The molecule has 62 valence electrons. The highest BCUT2D eigenvalue weighted by Crippen LogP contribution is 2.29. The highest BCUT2D eigenvalue weighted by molar-refractivity contribution is 4.99. The summed E-state index contributed by atoms with van der Waals surface area (Å²) in [5.41, 5.74) is 0. The fourth-order valence-electron chi connectivity index (χ4n) is 1.47. The van der Waals surface area contributed by atoms with Crippen molar-refractivity contribution in [2.75, 3.05) is 0 Å². The van der Waals surface area contributed by atoms with E-state index in [0.29, 0.717) is 5.92 Å². The van der Waals surface area contributed by atoms with Crippen molar-refractivity contribution in [1.82, 2.24) is 0 Å². The fourth-order valence-corrected chi connectivity index (χ4v) is 1.47. The summed E-state index contributed by atoms with van der Waals surface area (Å²) in [6.07, 6.45) is 5.51. The van der Waals surface area contributed by atoms with Gasteiger partial charge in [0.2, 0.25) is 0 Å². The number of ether oxygens (including phenoxy) is 1. The van der Waals surface area contributed by atoms with Crippen molar-refractivity contribution in [2.24, 2.45) is 5.92 Å². The summed E-state index contributed by atoms with van der Waals surface area (Å²) < 4.78 is 5.53. The zero-order valence-electron chi connectivity index (χ0n) is 7.18. The van der Waals surface area contributed by atoms with Crippen LogP contribution in [0.3, 0.4) is 0 Å². The highest BCUT2D eigenvalue weighted by atomic mass is 16.5. The summed E-state index contributed by atoms with van der Waals surface area (Å²) in [7, 11) is 0. The molecule has 0 spiro atoms. The molecule has 1 nitrogen and oxygen atoms in total. The largest absolute Gasteiger partial charge is 0.491 e. The van der Waals surface area contributed by atoms with E-state index in [2.05, 4.69) is 20.1 Å². The van der Waals surface area contributed by atoms with E-state index in [9.17, 15) is 0 Å². The van der Waals surface area contributed by atoms with Crippen LogP contribution in [0.25, 0.3) is 0 Å². The lowest BCUT2D eigenvalue weighted by atomic mass is 9.94. The van der Waals surface area contributed by atoms with Crippen molar-refractivity contribution in [1.29, 1.82) is 0 Å². The minimum atomic E-state index is 0.213. The van der Waals surface area contributed by atoms with E-state index < -0.39 is 0 Å². The van der Waals surface area contributed by atoms with Gasteiger partial charge in [0.25, 0.3) is 0 Å². The van der Waals surface area contributed by atoms with E-state index in [4.69, 9.17) is 4.74 Å². The summed E-state index contributed by atoms with van der Waals surface area (Å²) >= 11 is 0. The van der Waals surface area contributed by atoms with Crippen LogP contribution in [-0.2, 0) is 4.74 Å². The highest BCUT2D eigenvalue weighted by Gasteiger charge is 2.21. The van der Waals surface area contributed by atoms with Gasteiger partial charge in [-0.1, -0.05) is 26.2 Å². The van der Waals surface area contributed by atoms with Crippen molar-refractivity contribution >= 4 is 0 Å². The van der Waals surface area contributed by atoms with E-state index in [1.54, 1.807) is 0 Å². The lowest BCUT2D eigenvalue weighted by Gasteiger charge is -2.29. The van der Waals surface area contributed by atoms with Gasteiger partial charge in [-0.3, -0.25) is 0 Å². The zero-order chi connectivity index (χ0) is 8.27. The maximum atomic E-state index is 5.53. The summed E-state index contributed by atoms with van der Waals surface area (Å²) in [5, 5.41) is 0. The fraction of sp³-hybridized carbons (Fsp3) is 0.600. The van der Waals surface area contributed by atoms with Gasteiger partial charge in [0.15, 0.2) is 0 Å². The van der Waals surface area contributed by atoms with Crippen molar-refractivity contribution in [3.05, 3.63) is 25.0 Å². The molecular formula is C10H16O. The molecule has 2 unspecified atom stereocenters. The normalized spacial score (nSPS) is 31.2. The first kappa shape index (κ1) is 8.38. The Morgan fingerprint density at radius 1 is 1.64 bits per heavy atom. The van der Waals surface area contributed by atoms with Gasteiger partial charge in [0, 0.05) is 5.92 Å². The van der Waals surface area contributed by atoms with Gasteiger partial charge in [-0.05, 0) is 19.3 Å². The lowest BCUT2D eigenvalue weighted by Crippen LogP contribution is -2.21. The first-order chi connectivity index (χ1) is 5.27. The molecule has 1 aliphatic rings. The SMILES string of the molecule is C=CC1CCC(CC)C(=C)O1. The van der Waals surface area contributed by atoms with Crippen molar-refractivity contribution < 1.29 is 4.74 Å². The van der Waals surface area contributed by atoms with Crippen molar-refractivity contribution in [3.63, 3.8) is 0 Å².